The van der Waals surface area contributed by atoms with Gasteiger partial charge in [-0.15, -0.1) is 0 Å². The van der Waals surface area contributed by atoms with Crippen LogP contribution < -0.4 is 5.32 Å². The van der Waals surface area contributed by atoms with E-state index in [2.05, 4.69) is 92.1 Å². The molecule has 0 aliphatic heterocycles. The Bertz CT molecular complexity index is 1330. The van der Waals surface area contributed by atoms with Crippen molar-refractivity contribution < 1.29 is 32.9 Å². The Morgan fingerprint density at radius 2 is 0.882 bits per heavy atom. The molecule has 0 aliphatic rings. The van der Waals surface area contributed by atoms with Gasteiger partial charge in [-0.1, -0.05) is 247 Å². The van der Waals surface area contributed by atoms with Crippen LogP contribution >= 0.6 is 7.82 Å². The Hall–Kier alpha value is -2.06. The number of aliphatic hydroxyl groups is 1. The fraction of sp³-hybridized carbons (Fsp3) is 0.780. The van der Waals surface area contributed by atoms with Crippen molar-refractivity contribution in [1.82, 2.24) is 5.32 Å². The van der Waals surface area contributed by atoms with Crippen LogP contribution in [0, 0.1) is 0 Å². The smallest absolute Gasteiger partial charge is 0.391 e. The summed E-state index contributed by atoms with van der Waals surface area (Å²) in [5.41, 5.74) is 0. The number of phosphoric ester groups is 1. The lowest BCUT2D eigenvalue weighted by atomic mass is 10.0. The molecule has 0 bridgehead atoms. The molecule has 0 aromatic rings. The number of rotatable bonds is 51. The van der Waals surface area contributed by atoms with Crippen LogP contribution in [0.15, 0.2) is 72.9 Å². The third-order valence-corrected chi connectivity index (χ3v) is 13.5. The van der Waals surface area contributed by atoms with Gasteiger partial charge >= 0.3 is 7.82 Å². The molecule has 396 valence electrons. The average molecular weight is 975 g/mol. The Morgan fingerprint density at radius 1 is 0.515 bits per heavy atom. The summed E-state index contributed by atoms with van der Waals surface area (Å²) in [6.45, 7) is 4.78. The molecule has 3 atom stereocenters. The van der Waals surface area contributed by atoms with Gasteiger partial charge in [-0.25, -0.2) is 4.57 Å². The van der Waals surface area contributed by atoms with E-state index in [1.165, 1.54) is 135 Å². The molecule has 0 radical (unpaired) electrons. The number of likely N-dealkylation sites (N-methyl/N-ethyl adjacent to an activating group) is 1. The van der Waals surface area contributed by atoms with Crippen molar-refractivity contribution in [3.05, 3.63) is 72.9 Å². The van der Waals surface area contributed by atoms with Crippen molar-refractivity contribution in [3.63, 3.8) is 0 Å². The third kappa shape index (κ3) is 51.8. The molecule has 0 aromatic heterocycles. The molecule has 0 rings (SSSR count). The van der Waals surface area contributed by atoms with E-state index in [0.29, 0.717) is 23.9 Å². The molecule has 0 heterocycles. The standard InChI is InChI=1S/C59H109N2O6P/c1-6-8-10-12-14-16-18-20-22-24-26-27-28-29-30-31-32-33-35-37-39-41-43-45-47-49-51-53-59(63)60-57(56-67-68(64,65)66-55-54-61(3,4)5)58(62)52-50-48-46-44-42-40-38-36-34-25-23-21-19-17-15-13-11-9-7-2/h8,10,14,16,20,22,26-27,29-30,32-33,57-58,62H,6-7,9,11-13,15,17-19,21,23-25,28,31,34-56H2,1-5H3,(H-,60,63,64,65)/p+1/b10-8-,16-14-,22-20-,27-26-,30-29-,33-32-. The highest BCUT2D eigenvalue weighted by molar-refractivity contribution is 7.47. The van der Waals surface area contributed by atoms with E-state index < -0.39 is 20.0 Å². The molecule has 0 spiro atoms. The minimum absolute atomic E-state index is 0.0700. The van der Waals surface area contributed by atoms with E-state index in [1.54, 1.807) is 0 Å². The molecule has 9 heteroatoms. The van der Waals surface area contributed by atoms with Crippen molar-refractivity contribution in [2.45, 2.75) is 257 Å². The second kappa shape index (κ2) is 49.9. The van der Waals surface area contributed by atoms with Gasteiger partial charge in [0.15, 0.2) is 0 Å². The number of allylic oxidation sites excluding steroid dienone is 12. The van der Waals surface area contributed by atoms with Crippen LogP contribution in [0.4, 0.5) is 0 Å². The number of unbranched alkanes of at least 4 members (excludes halogenated alkanes) is 26. The van der Waals surface area contributed by atoms with Crippen molar-refractivity contribution in [2.24, 2.45) is 0 Å². The van der Waals surface area contributed by atoms with Gasteiger partial charge in [0, 0.05) is 6.42 Å². The monoisotopic (exact) mass is 974 g/mol. The summed E-state index contributed by atoms with van der Waals surface area (Å²) in [5, 5.41) is 14.1. The van der Waals surface area contributed by atoms with E-state index in [9.17, 15) is 19.4 Å². The molecule has 0 saturated heterocycles. The molecule has 0 aliphatic carbocycles. The number of nitrogens with zero attached hydrogens (tertiary/aromatic N) is 1. The number of phosphoric acid groups is 1. The predicted molar refractivity (Wildman–Crippen MR) is 295 cm³/mol. The summed E-state index contributed by atoms with van der Waals surface area (Å²) in [7, 11) is 1.60. The van der Waals surface area contributed by atoms with Gasteiger partial charge in [-0.2, -0.15) is 0 Å². The third-order valence-electron chi connectivity index (χ3n) is 12.5. The highest BCUT2D eigenvalue weighted by Crippen LogP contribution is 2.43. The molecular formula is C59H110N2O6P+. The topological polar surface area (TPSA) is 105 Å². The van der Waals surface area contributed by atoms with Gasteiger partial charge in [0.1, 0.15) is 13.2 Å². The normalized spacial score (nSPS) is 14.5. The zero-order chi connectivity index (χ0) is 49.9. The van der Waals surface area contributed by atoms with E-state index in [0.717, 1.165) is 83.5 Å². The number of quaternary nitrogens is 1. The van der Waals surface area contributed by atoms with E-state index in [-0.39, 0.29) is 19.1 Å². The zero-order valence-electron chi connectivity index (χ0n) is 45.1. The lowest BCUT2D eigenvalue weighted by Crippen LogP contribution is -2.46. The fourth-order valence-electron chi connectivity index (χ4n) is 8.05. The summed E-state index contributed by atoms with van der Waals surface area (Å²) in [6, 6.07) is -0.770. The number of carbonyl (C=O) groups is 1. The second-order valence-electron chi connectivity index (χ2n) is 20.3. The highest BCUT2D eigenvalue weighted by Gasteiger charge is 2.28. The van der Waals surface area contributed by atoms with Crippen LogP contribution in [-0.4, -0.2) is 73.4 Å². The molecule has 68 heavy (non-hydrogen) atoms. The number of aliphatic hydroxyl groups excluding tert-OH is 1. The molecule has 1 amide bonds. The summed E-state index contributed by atoms with van der Waals surface area (Å²) < 4.78 is 23.8. The first kappa shape index (κ1) is 65.9. The number of carbonyl (C=O) groups excluding carboxylic acids is 1. The van der Waals surface area contributed by atoms with Crippen LogP contribution in [0.25, 0.3) is 0 Å². The fourth-order valence-corrected chi connectivity index (χ4v) is 8.79. The molecular weight excluding hydrogens is 864 g/mol. The summed E-state index contributed by atoms with van der Waals surface area (Å²) in [6.07, 6.45) is 68.0. The Labute approximate surface area is 421 Å². The van der Waals surface area contributed by atoms with Gasteiger partial charge in [0.05, 0.1) is 39.9 Å². The molecule has 0 aromatic carbocycles. The van der Waals surface area contributed by atoms with Crippen molar-refractivity contribution in [1.29, 1.82) is 0 Å². The van der Waals surface area contributed by atoms with Gasteiger partial charge in [-0.05, 0) is 64.2 Å². The van der Waals surface area contributed by atoms with E-state index >= 15 is 0 Å². The minimum Gasteiger partial charge on any atom is -0.391 e. The largest absolute Gasteiger partial charge is 0.472 e. The summed E-state index contributed by atoms with van der Waals surface area (Å²) in [4.78, 5) is 23.3. The second-order valence-corrected chi connectivity index (χ2v) is 21.7. The molecule has 3 N–H and O–H groups in total. The van der Waals surface area contributed by atoms with Gasteiger partial charge in [0.2, 0.25) is 5.91 Å². The average Bonchev–Trinajstić information content (AvgIpc) is 3.30. The first-order valence-electron chi connectivity index (χ1n) is 28.3. The van der Waals surface area contributed by atoms with E-state index in [1.807, 2.05) is 21.1 Å². The lowest BCUT2D eigenvalue weighted by Gasteiger charge is -2.26. The first-order chi connectivity index (χ1) is 33.0. The number of amides is 1. The van der Waals surface area contributed by atoms with Crippen LogP contribution in [0.1, 0.15) is 245 Å². The van der Waals surface area contributed by atoms with Crippen LogP contribution in [0.3, 0.4) is 0 Å². The van der Waals surface area contributed by atoms with Crippen LogP contribution in [-0.2, 0) is 18.4 Å². The van der Waals surface area contributed by atoms with E-state index in [4.69, 9.17) is 9.05 Å². The number of nitrogens with one attached hydrogen (secondary N) is 1. The zero-order valence-corrected chi connectivity index (χ0v) is 46.0. The molecule has 3 unspecified atom stereocenters. The highest BCUT2D eigenvalue weighted by atomic mass is 31.2. The Kier molecular flexibility index (Phi) is 48.4. The number of hydrogen-bond acceptors (Lipinski definition) is 5. The quantitative estimate of drug-likeness (QED) is 0.0243. The summed E-state index contributed by atoms with van der Waals surface area (Å²) >= 11 is 0. The Morgan fingerprint density at radius 3 is 1.29 bits per heavy atom. The maximum absolute atomic E-state index is 13.0. The maximum Gasteiger partial charge on any atom is 0.472 e. The van der Waals surface area contributed by atoms with Gasteiger partial charge < -0.3 is 19.8 Å². The SMILES string of the molecule is CC/C=C\C/C=C\C/C=C\C/C=C\C/C=C\C/C=C\CCCCCCCCCCC(=O)NC(COP(=O)(O)OCC[N+](C)(C)C)C(O)CCCCCCCCCCCCCCCCCCCCC. The molecule has 0 fully saturated rings. The minimum atomic E-state index is -4.33. The predicted octanol–water partition coefficient (Wildman–Crippen LogP) is 17.1. The Balaban J connectivity index is 4.22. The molecule has 8 nitrogen and oxygen atoms in total. The van der Waals surface area contributed by atoms with Gasteiger partial charge in [0.25, 0.3) is 0 Å². The number of hydrogen-bond donors (Lipinski definition) is 3. The van der Waals surface area contributed by atoms with Crippen LogP contribution in [0.2, 0.25) is 0 Å². The summed E-state index contributed by atoms with van der Waals surface area (Å²) in [5.74, 6) is -0.154. The first-order valence-corrected chi connectivity index (χ1v) is 29.8. The lowest BCUT2D eigenvalue weighted by molar-refractivity contribution is -0.870. The van der Waals surface area contributed by atoms with Crippen molar-refractivity contribution >= 4 is 13.7 Å². The van der Waals surface area contributed by atoms with Crippen molar-refractivity contribution in [2.75, 3.05) is 40.9 Å². The van der Waals surface area contributed by atoms with Gasteiger partial charge in [-0.3, -0.25) is 13.8 Å². The van der Waals surface area contributed by atoms with Crippen molar-refractivity contribution in [3.8, 4) is 0 Å². The van der Waals surface area contributed by atoms with Crippen LogP contribution in [0.5, 0.6) is 0 Å². The maximum atomic E-state index is 13.0. The molecule has 0 saturated carbocycles.